The molecule has 0 spiro atoms. The summed E-state index contributed by atoms with van der Waals surface area (Å²) in [4.78, 5) is 10.9. The van der Waals surface area contributed by atoms with E-state index in [1.807, 2.05) is 0 Å². The van der Waals surface area contributed by atoms with Crippen LogP contribution in [0.2, 0.25) is 5.02 Å². The number of hydrogen-bond acceptors (Lipinski definition) is 2. The largest absolute Gasteiger partial charge is 0.288 e. The summed E-state index contributed by atoms with van der Waals surface area (Å²) in [6, 6.07) is 4.93. The van der Waals surface area contributed by atoms with Gasteiger partial charge in [0.2, 0.25) is 0 Å². The molecule has 0 aliphatic rings. The van der Waals surface area contributed by atoms with Crippen molar-refractivity contribution in [3.8, 4) is 0 Å². The van der Waals surface area contributed by atoms with Crippen LogP contribution >= 0.6 is 34.2 Å². The van der Waals surface area contributed by atoms with E-state index in [4.69, 9.17) is 16.8 Å². The number of amides is 1. The van der Waals surface area contributed by atoms with E-state index in [0.717, 1.165) is 3.57 Å². The number of hydroxylamine groups is 1. The summed E-state index contributed by atoms with van der Waals surface area (Å²) in [6.45, 7) is 0. The van der Waals surface area contributed by atoms with Gasteiger partial charge in [-0.25, -0.2) is 5.48 Å². The number of benzene rings is 1. The molecule has 0 saturated carbocycles. The zero-order chi connectivity index (χ0) is 9.14. The van der Waals surface area contributed by atoms with Gasteiger partial charge in [0.1, 0.15) is 0 Å². The monoisotopic (exact) mass is 297 g/mol. The van der Waals surface area contributed by atoms with Gasteiger partial charge in [-0.05, 0) is 40.8 Å². The maximum Gasteiger partial charge on any atom is 0.276 e. The van der Waals surface area contributed by atoms with E-state index >= 15 is 0 Å². The molecule has 0 unspecified atom stereocenters. The summed E-state index contributed by atoms with van der Waals surface area (Å²) in [6.07, 6.45) is 0. The lowest BCUT2D eigenvalue weighted by atomic mass is 10.2. The van der Waals surface area contributed by atoms with E-state index < -0.39 is 5.91 Å². The van der Waals surface area contributed by atoms with Crippen molar-refractivity contribution in [3.05, 3.63) is 32.4 Å². The van der Waals surface area contributed by atoms with Crippen LogP contribution in [0.25, 0.3) is 0 Å². The van der Waals surface area contributed by atoms with E-state index in [-0.39, 0.29) is 5.56 Å². The highest BCUT2D eigenvalue weighted by molar-refractivity contribution is 14.1. The topological polar surface area (TPSA) is 49.3 Å². The van der Waals surface area contributed by atoms with Crippen molar-refractivity contribution in [2.24, 2.45) is 0 Å². The summed E-state index contributed by atoms with van der Waals surface area (Å²) in [5, 5.41) is 8.65. The van der Waals surface area contributed by atoms with Crippen LogP contribution in [0, 0.1) is 3.57 Å². The molecule has 0 aliphatic heterocycles. The highest BCUT2D eigenvalue weighted by Crippen LogP contribution is 2.18. The van der Waals surface area contributed by atoms with Gasteiger partial charge >= 0.3 is 0 Å². The Bertz CT molecular complexity index is 316. The van der Waals surface area contributed by atoms with Gasteiger partial charge in [0.25, 0.3) is 5.91 Å². The molecule has 0 bridgehead atoms. The first-order chi connectivity index (χ1) is 5.65. The smallest absolute Gasteiger partial charge is 0.276 e. The average molecular weight is 297 g/mol. The Hall–Kier alpha value is -0.330. The Morgan fingerprint density at radius 3 is 2.75 bits per heavy atom. The molecule has 3 nitrogen and oxygen atoms in total. The maximum atomic E-state index is 10.9. The molecule has 5 heteroatoms. The molecule has 1 aromatic rings. The van der Waals surface area contributed by atoms with Crippen LogP contribution < -0.4 is 5.48 Å². The van der Waals surface area contributed by atoms with Gasteiger partial charge in [0, 0.05) is 3.57 Å². The van der Waals surface area contributed by atoms with Crippen molar-refractivity contribution in [2.45, 2.75) is 0 Å². The number of rotatable bonds is 1. The Morgan fingerprint density at radius 1 is 1.58 bits per heavy atom. The fraction of sp³-hybridized carbons (Fsp3) is 0. The summed E-state index contributed by atoms with van der Waals surface area (Å²) in [5.74, 6) is -0.601. The van der Waals surface area contributed by atoms with Crippen molar-refractivity contribution in [2.75, 3.05) is 0 Å². The first-order valence-corrected chi connectivity index (χ1v) is 4.50. The molecule has 12 heavy (non-hydrogen) atoms. The molecule has 0 radical (unpaired) electrons. The van der Waals surface area contributed by atoms with Crippen LogP contribution in [0.15, 0.2) is 18.2 Å². The molecule has 2 N–H and O–H groups in total. The van der Waals surface area contributed by atoms with Gasteiger partial charge < -0.3 is 0 Å². The van der Waals surface area contributed by atoms with Crippen LogP contribution in [0.1, 0.15) is 10.4 Å². The molecule has 64 valence electrons. The summed E-state index contributed by atoms with van der Waals surface area (Å²) >= 11 is 7.81. The van der Waals surface area contributed by atoms with Crippen LogP contribution in [-0.4, -0.2) is 11.1 Å². The predicted molar refractivity (Wildman–Crippen MR) is 53.4 cm³/mol. The maximum absolute atomic E-state index is 10.9. The Labute approximate surface area is 87.8 Å². The van der Waals surface area contributed by atoms with E-state index in [0.29, 0.717) is 5.02 Å². The minimum atomic E-state index is -0.601. The van der Waals surface area contributed by atoms with Gasteiger partial charge in [-0.1, -0.05) is 11.6 Å². The molecule has 0 saturated heterocycles. The zero-order valence-electron chi connectivity index (χ0n) is 5.84. The second-order valence-corrected chi connectivity index (χ2v) is 3.72. The SMILES string of the molecule is O=C(NO)c1ccc(I)cc1Cl. The third kappa shape index (κ3) is 2.09. The summed E-state index contributed by atoms with van der Waals surface area (Å²) < 4.78 is 0.937. The van der Waals surface area contributed by atoms with Gasteiger partial charge in [0.15, 0.2) is 0 Å². The minimum absolute atomic E-state index is 0.264. The van der Waals surface area contributed by atoms with Crippen molar-refractivity contribution in [3.63, 3.8) is 0 Å². The Balaban J connectivity index is 3.09. The molecule has 0 atom stereocenters. The number of carbonyl (C=O) groups is 1. The van der Waals surface area contributed by atoms with Crippen molar-refractivity contribution < 1.29 is 10.0 Å². The molecule has 1 rings (SSSR count). The lowest BCUT2D eigenvalue weighted by molar-refractivity contribution is 0.0706. The molecule has 0 aliphatic carbocycles. The minimum Gasteiger partial charge on any atom is -0.288 e. The standard InChI is InChI=1S/C7H5ClINO2/c8-6-3-4(9)1-2-5(6)7(11)10-12/h1-3,12H,(H,10,11). The Morgan fingerprint density at radius 2 is 2.25 bits per heavy atom. The van der Waals surface area contributed by atoms with Crippen LogP contribution in [0.5, 0.6) is 0 Å². The summed E-state index contributed by atoms with van der Waals surface area (Å²) in [5.41, 5.74) is 1.78. The van der Waals surface area contributed by atoms with Crippen molar-refractivity contribution in [1.82, 2.24) is 5.48 Å². The summed E-state index contributed by atoms with van der Waals surface area (Å²) in [7, 11) is 0. The lowest BCUT2D eigenvalue weighted by Gasteiger charge is -2.01. The highest BCUT2D eigenvalue weighted by atomic mass is 127. The van der Waals surface area contributed by atoms with E-state index in [9.17, 15) is 4.79 Å². The van der Waals surface area contributed by atoms with Gasteiger partial charge in [-0.3, -0.25) is 10.0 Å². The molecular formula is C7H5ClINO2. The second-order valence-electron chi connectivity index (χ2n) is 2.07. The first-order valence-electron chi connectivity index (χ1n) is 3.04. The third-order valence-corrected chi connectivity index (χ3v) is 2.26. The van der Waals surface area contributed by atoms with Gasteiger partial charge in [-0.2, -0.15) is 0 Å². The predicted octanol–water partition coefficient (Wildman–Crippen LogP) is 2.06. The molecule has 0 fully saturated rings. The van der Waals surface area contributed by atoms with Gasteiger partial charge in [0.05, 0.1) is 10.6 Å². The highest BCUT2D eigenvalue weighted by Gasteiger charge is 2.08. The average Bonchev–Trinajstić information content (AvgIpc) is 2.03. The van der Waals surface area contributed by atoms with E-state index in [1.165, 1.54) is 5.48 Å². The molecule has 1 aromatic carbocycles. The van der Waals surface area contributed by atoms with E-state index in [1.54, 1.807) is 18.2 Å². The Kier molecular flexibility index (Phi) is 3.30. The van der Waals surface area contributed by atoms with E-state index in [2.05, 4.69) is 22.6 Å². The third-order valence-electron chi connectivity index (χ3n) is 1.28. The van der Waals surface area contributed by atoms with Crippen molar-refractivity contribution in [1.29, 1.82) is 0 Å². The molecule has 0 aromatic heterocycles. The number of carbonyl (C=O) groups excluding carboxylic acids is 1. The fourth-order valence-electron chi connectivity index (χ4n) is 0.734. The fourth-order valence-corrected chi connectivity index (χ4v) is 1.68. The quantitative estimate of drug-likeness (QED) is 0.473. The van der Waals surface area contributed by atoms with Gasteiger partial charge in [-0.15, -0.1) is 0 Å². The zero-order valence-corrected chi connectivity index (χ0v) is 8.76. The molecule has 0 heterocycles. The number of hydrogen-bond donors (Lipinski definition) is 2. The van der Waals surface area contributed by atoms with Crippen LogP contribution in [-0.2, 0) is 0 Å². The lowest BCUT2D eigenvalue weighted by Crippen LogP contribution is -2.18. The van der Waals surface area contributed by atoms with Crippen molar-refractivity contribution >= 4 is 40.1 Å². The number of nitrogens with one attached hydrogen (secondary N) is 1. The second kappa shape index (κ2) is 4.06. The number of halogens is 2. The first kappa shape index (κ1) is 9.76. The molecular weight excluding hydrogens is 292 g/mol. The van der Waals surface area contributed by atoms with Crippen LogP contribution in [0.3, 0.4) is 0 Å². The molecule has 1 amide bonds. The van der Waals surface area contributed by atoms with Crippen LogP contribution in [0.4, 0.5) is 0 Å². The normalized spacial score (nSPS) is 9.58.